The number of nitrogens with one attached hydrogen (secondary N) is 2. The molecular formula is C14H20N3O2+. The van der Waals surface area contributed by atoms with E-state index in [0.29, 0.717) is 12.2 Å². The number of H-pyrrole nitrogens is 1. The summed E-state index contributed by atoms with van der Waals surface area (Å²) in [5.74, 6) is 0. The van der Waals surface area contributed by atoms with Gasteiger partial charge in [-0.1, -0.05) is 35.0 Å². The second-order valence-electron chi connectivity index (χ2n) is 4.90. The molecule has 1 aromatic heterocycles. The monoisotopic (exact) mass is 262 g/mol. The zero-order valence-electron chi connectivity index (χ0n) is 11.5. The molecule has 1 aromatic carbocycles. The molecule has 0 radical (unpaired) electrons. The molecule has 2 aromatic rings. The summed E-state index contributed by atoms with van der Waals surface area (Å²) >= 11 is 0. The summed E-state index contributed by atoms with van der Waals surface area (Å²) in [6.07, 6.45) is 0. The van der Waals surface area contributed by atoms with Crippen molar-refractivity contribution in [3.63, 3.8) is 0 Å². The first-order valence-corrected chi connectivity index (χ1v) is 6.49. The SMILES string of the molecule is CC(NCc1c(=O)o[nH][n+]1C(C)C)c1ccccc1. The lowest BCUT2D eigenvalue weighted by Crippen LogP contribution is -2.45. The average Bonchev–Trinajstić information content (AvgIpc) is 2.78. The molecular weight excluding hydrogens is 242 g/mol. The third kappa shape index (κ3) is 3.12. The van der Waals surface area contributed by atoms with E-state index in [1.807, 2.05) is 32.0 Å². The quantitative estimate of drug-likeness (QED) is 0.806. The van der Waals surface area contributed by atoms with Crippen LogP contribution in [-0.4, -0.2) is 5.27 Å². The molecule has 19 heavy (non-hydrogen) atoms. The van der Waals surface area contributed by atoms with E-state index < -0.39 is 0 Å². The number of benzene rings is 1. The summed E-state index contributed by atoms with van der Waals surface area (Å²) in [4.78, 5) is 11.6. The van der Waals surface area contributed by atoms with Crippen molar-refractivity contribution in [3.8, 4) is 0 Å². The molecule has 0 aliphatic heterocycles. The predicted octanol–water partition coefficient (Wildman–Crippen LogP) is 1.69. The standard InChI is InChI=1S/C14H19N3O2/c1-10(2)17-13(14(18)19-16-17)9-15-11(3)12-7-5-4-6-8-12/h4-8,10-11,15H,9H2,1-3H3/p+1. The van der Waals surface area contributed by atoms with Crippen LogP contribution in [0.5, 0.6) is 0 Å². The van der Waals surface area contributed by atoms with Crippen molar-refractivity contribution in [1.82, 2.24) is 10.6 Å². The number of rotatable bonds is 5. The van der Waals surface area contributed by atoms with Crippen LogP contribution in [0, 0.1) is 0 Å². The Morgan fingerprint density at radius 1 is 1.26 bits per heavy atom. The lowest BCUT2D eigenvalue weighted by atomic mass is 10.1. The molecule has 0 fully saturated rings. The van der Waals surface area contributed by atoms with Crippen molar-refractivity contribution in [2.24, 2.45) is 0 Å². The van der Waals surface area contributed by atoms with Gasteiger partial charge in [-0.25, -0.2) is 4.79 Å². The molecule has 1 heterocycles. The third-order valence-electron chi connectivity index (χ3n) is 3.15. The van der Waals surface area contributed by atoms with Crippen molar-refractivity contribution < 1.29 is 9.20 Å². The highest BCUT2D eigenvalue weighted by Crippen LogP contribution is 2.11. The molecule has 2 N–H and O–H groups in total. The van der Waals surface area contributed by atoms with Gasteiger partial charge in [-0.05, 0) is 31.6 Å². The summed E-state index contributed by atoms with van der Waals surface area (Å²) in [6, 6.07) is 10.5. The maximum atomic E-state index is 11.6. The van der Waals surface area contributed by atoms with Crippen LogP contribution in [0.2, 0.25) is 0 Å². The van der Waals surface area contributed by atoms with E-state index in [1.165, 1.54) is 5.56 Å². The van der Waals surface area contributed by atoms with Gasteiger partial charge in [0.05, 0.1) is 6.54 Å². The molecule has 0 spiro atoms. The maximum absolute atomic E-state index is 11.6. The highest BCUT2D eigenvalue weighted by Gasteiger charge is 2.23. The highest BCUT2D eigenvalue weighted by atomic mass is 16.5. The van der Waals surface area contributed by atoms with Crippen molar-refractivity contribution in [1.29, 1.82) is 0 Å². The summed E-state index contributed by atoms with van der Waals surface area (Å²) in [7, 11) is 0. The Labute approximate surface area is 112 Å². The number of aromatic nitrogens is 2. The van der Waals surface area contributed by atoms with E-state index >= 15 is 0 Å². The molecule has 0 aliphatic rings. The summed E-state index contributed by atoms with van der Waals surface area (Å²) in [6.45, 7) is 6.54. The van der Waals surface area contributed by atoms with Crippen molar-refractivity contribution in [2.75, 3.05) is 0 Å². The molecule has 2 rings (SSSR count). The van der Waals surface area contributed by atoms with E-state index in [9.17, 15) is 4.79 Å². The normalized spacial score (nSPS) is 12.8. The Hall–Kier alpha value is -1.88. The number of aromatic amines is 1. The fraction of sp³-hybridized carbons (Fsp3) is 0.429. The van der Waals surface area contributed by atoms with Crippen molar-refractivity contribution in [2.45, 2.75) is 39.4 Å². The van der Waals surface area contributed by atoms with Crippen molar-refractivity contribution in [3.05, 3.63) is 52.0 Å². The Balaban J connectivity index is 2.07. The largest absolute Gasteiger partial charge is 0.431 e. The highest BCUT2D eigenvalue weighted by molar-refractivity contribution is 5.18. The molecule has 0 saturated heterocycles. The molecule has 0 bridgehead atoms. The van der Waals surface area contributed by atoms with Crippen LogP contribution in [0.3, 0.4) is 0 Å². The van der Waals surface area contributed by atoms with Gasteiger partial charge in [0.25, 0.3) is 0 Å². The first kappa shape index (κ1) is 13.5. The van der Waals surface area contributed by atoms with Gasteiger partial charge in [0.15, 0.2) is 6.04 Å². The van der Waals surface area contributed by atoms with E-state index in [2.05, 4.69) is 29.6 Å². The Kier molecular flexibility index (Phi) is 4.16. The van der Waals surface area contributed by atoms with E-state index in [4.69, 9.17) is 4.52 Å². The van der Waals surface area contributed by atoms with Crippen LogP contribution in [0.15, 0.2) is 39.6 Å². The van der Waals surface area contributed by atoms with E-state index in [1.54, 1.807) is 4.68 Å². The molecule has 0 aliphatic carbocycles. The lowest BCUT2D eigenvalue weighted by molar-refractivity contribution is -0.785. The van der Waals surface area contributed by atoms with Gasteiger partial charge in [0.1, 0.15) is 0 Å². The third-order valence-corrected chi connectivity index (χ3v) is 3.15. The van der Waals surface area contributed by atoms with E-state index in [0.717, 1.165) is 0 Å². The number of hydrogen-bond acceptors (Lipinski definition) is 3. The van der Waals surface area contributed by atoms with Crippen LogP contribution in [-0.2, 0) is 6.54 Å². The molecule has 102 valence electrons. The first-order chi connectivity index (χ1) is 9.09. The van der Waals surface area contributed by atoms with Crippen LogP contribution < -0.4 is 15.6 Å². The summed E-state index contributed by atoms with van der Waals surface area (Å²) < 4.78 is 6.58. The lowest BCUT2D eigenvalue weighted by Gasteiger charge is -2.12. The Morgan fingerprint density at radius 3 is 2.58 bits per heavy atom. The summed E-state index contributed by atoms with van der Waals surface area (Å²) in [5.41, 5.74) is 1.48. The second-order valence-corrected chi connectivity index (χ2v) is 4.90. The van der Waals surface area contributed by atoms with Crippen molar-refractivity contribution >= 4 is 0 Å². The summed E-state index contributed by atoms with van der Waals surface area (Å²) in [5, 5.41) is 5.96. The van der Waals surface area contributed by atoms with Crippen LogP contribution >= 0.6 is 0 Å². The zero-order valence-corrected chi connectivity index (χ0v) is 11.5. The number of hydrogen-bond donors (Lipinski definition) is 2. The fourth-order valence-corrected chi connectivity index (χ4v) is 1.99. The topological polar surface area (TPSA) is 61.9 Å². The van der Waals surface area contributed by atoms with Gasteiger partial charge in [0, 0.05) is 6.04 Å². The van der Waals surface area contributed by atoms with Crippen LogP contribution in [0.1, 0.15) is 44.1 Å². The van der Waals surface area contributed by atoms with E-state index in [-0.39, 0.29) is 17.7 Å². The molecule has 5 nitrogen and oxygen atoms in total. The molecule has 0 saturated carbocycles. The minimum Gasteiger partial charge on any atom is -0.301 e. The molecule has 0 amide bonds. The van der Waals surface area contributed by atoms with Gasteiger partial charge in [-0.15, -0.1) is 0 Å². The smallest absolute Gasteiger partial charge is 0.301 e. The molecule has 1 unspecified atom stereocenters. The second kappa shape index (κ2) is 5.84. The first-order valence-electron chi connectivity index (χ1n) is 6.49. The van der Waals surface area contributed by atoms with Gasteiger partial charge in [0.2, 0.25) is 0 Å². The number of nitrogens with zero attached hydrogens (tertiary/aromatic N) is 1. The van der Waals surface area contributed by atoms with Gasteiger partial charge < -0.3 is 5.32 Å². The van der Waals surface area contributed by atoms with Crippen LogP contribution in [0.25, 0.3) is 0 Å². The fourth-order valence-electron chi connectivity index (χ4n) is 1.99. The zero-order chi connectivity index (χ0) is 13.8. The van der Waals surface area contributed by atoms with Gasteiger partial charge in [-0.2, -0.15) is 0 Å². The average molecular weight is 262 g/mol. The van der Waals surface area contributed by atoms with Gasteiger partial charge >= 0.3 is 11.3 Å². The minimum absolute atomic E-state index is 0.162. The molecule has 5 heteroatoms. The van der Waals surface area contributed by atoms with Gasteiger partial charge in [-0.3, -0.25) is 4.52 Å². The predicted molar refractivity (Wildman–Crippen MR) is 71.6 cm³/mol. The Morgan fingerprint density at radius 2 is 1.95 bits per heavy atom. The maximum Gasteiger partial charge on any atom is 0.431 e. The Bertz CT molecular complexity index is 572. The minimum atomic E-state index is -0.318. The van der Waals surface area contributed by atoms with Crippen LogP contribution in [0.4, 0.5) is 0 Å². The molecule has 1 atom stereocenters.